The van der Waals surface area contributed by atoms with Gasteiger partial charge in [0.05, 0.1) is 0 Å². The summed E-state index contributed by atoms with van der Waals surface area (Å²) < 4.78 is 0. The summed E-state index contributed by atoms with van der Waals surface area (Å²) in [5.41, 5.74) is 0.504. The van der Waals surface area contributed by atoms with Crippen molar-refractivity contribution in [1.82, 2.24) is 10.2 Å². The van der Waals surface area contributed by atoms with E-state index in [0.29, 0.717) is 5.41 Å². The van der Waals surface area contributed by atoms with Crippen molar-refractivity contribution in [2.75, 3.05) is 19.6 Å². The average Bonchev–Trinajstić information content (AvgIpc) is 2.89. The monoisotopic (exact) mass is 292 g/mol. The molecule has 0 aromatic heterocycles. The first-order chi connectivity index (χ1) is 10.0. The first-order valence-corrected chi connectivity index (χ1v) is 9.47. The second-order valence-corrected chi connectivity index (χ2v) is 8.98. The van der Waals surface area contributed by atoms with E-state index >= 15 is 0 Å². The van der Waals surface area contributed by atoms with Crippen molar-refractivity contribution in [2.45, 2.75) is 78.3 Å². The lowest BCUT2D eigenvalue weighted by Gasteiger charge is -2.35. The topological polar surface area (TPSA) is 15.3 Å². The lowest BCUT2D eigenvalue weighted by Crippen LogP contribution is -2.42. The Balaban J connectivity index is 1.64. The molecular formula is C19H36N2. The van der Waals surface area contributed by atoms with Gasteiger partial charge in [0, 0.05) is 18.6 Å². The van der Waals surface area contributed by atoms with Gasteiger partial charge in [-0.3, -0.25) is 4.90 Å². The van der Waals surface area contributed by atoms with Crippen LogP contribution in [0.5, 0.6) is 0 Å². The Morgan fingerprint density at radius 2 is 1.86 bits per heavy atom. The highest BCUT2D eigenvalue weighted by atomic mass is 15.2. The molecule has 5 unspecified atom stereocenters. The second-order valence-electron chi connectivity index (χ2n) is 8.98. The molecule has 2 heteroatoms. The maximum atomic E-state index is 3.62. The fourth-order valence-electron chi connectivity index (χ4n) is 5.49. The van der Waals surface area contributed by atoms with Crippen LogP contribution in [0, 0.1) is 23.2 Å². The van der Waals surface area contributed by atoms with Crippen LogP contribution in [-0.2, 0) is 0 Å². The van der Waals surface area contributed by atoms with E-state index in [1.165, 1.54) is 58.2 Å². The van der Waals surface area contributed by atoms with E-state index in [9.17, 15) is 0 Å². The zero-order chi connectivity index (χ0) is 15.0. The molecule has 5 atom stereocenters. The minimum Gasteiger partial charge on any atom is -0.316 e. The molecule has 0 amide bonds. The van der Waals surface area contributed by atoms with Crippen LogP contribution in [0.25, 0.3) is 0 Å². The van der Waals surface area contributed by atoms with Gasteiger partial charge in [-0.1, -0.05) is 34.1 Å². The van der Waals surface area contributed by atoms with E-state index in [2.05, 4.69) is 37.9 Å². The highest BCUT2D eigenvalue weighted by Gasteiger charge is 2.45. The third kappa shape index (κ3) is 3.17. The standard InChI is InChI=1S/C19H36N2/c1-5-18-17-12-20-11-14(17)13-21(18)16-8-6-7-15(9-10-16)19(2,3)4/h14-18,20H,5-13H2,1-4H3. The summed E-state index contributed by atoms with van der Waals surface area (Å²) in [5.74, 6) is 2.82. The number of hydrogen-bond donors (Lipinski definition) is 1. The number of hydrogen-bond acceptors (Lipinski definition) is 2. The Labute approximate surface area is 132 Å². The van der Waals surface area contributed by atoms with Gasteiger partial charge in [-0.15, -0.1) is 0 Å². The summed E-state index contributed by atoms with van der Waals surface area (Å²) in [6.07, 6.45) is 8.62. The van der Waals surface area contributed by atoms with E-state index in [4.69, 9.17) is 0 Å². The SMILES string of the molecule is CCC1C2CNCC2CN1C1CCCC(C(C)(C)C)CC1. The van der Waals surface area contributed by atoms with E-state index < -0.39 is 0 Å². The smallest absolute Gasteiger partial charge is 0.0140 e. The number of rotatable bonds is 2. The van der Waals surface area contributed by atoms with Crippen molar-refractivity contribution >= 4 is 0 Å². The summed E-state index contributed by atoms with van der Waals surface area (Å²) in [6.45, 7) is 13.7. The van der Waals surface area contributed by atoms with E-state index in [1.807, 2.05) is 0 Å². The molecular weight excluding hydrogens is 256 g/mol. The first kappa shape index (κ1) is 15.8. The van der Waals surface area contributed by atoms with Crippen molar-refractivity contribution in [3.63, 3.8) is 0 Å². The van der Waals surface area contributed by atoms with E-state index in [0.717, 1.165) is 29.8 Å². The number of nitrogens with one attached hydrogen (secondary N) is 1. The molecule has 21 heavy (non-hydrogen) atoms. The molecule has 2 saturated heterocycles. The molecule has 3 aliphatic rings. The second kappa shape index (κ2) is 6.20. The molecule has 1 saturated carbocycles. The molecule has 0 aromatic rings. The van der Waals surface area contributed by atoms with Crippen LogP contribution in [0.3, 0.4) is 0 Å². The number of likely N-dealkylation sites (tertiary alicyclic amines) is 1. The summed E-state index contributed by atoms with van der Waals surface area (Å²) in [5, 5.41) is 3.62. The molecule has 0 radical (unpaired) electrons. The molecule has 0 bridgehead atoms. The summed E-state index contributed by atoms with van der Waals surface area (Å²) in [7, 11) is 0. The summed E-state index contributed by atoms with van der Waals surface area (Å²) >= 11 is 0. The van der Waals surface area contributed by atoms with Gasteiger partial charge in [-0.2, -0.15) is 0 Å². The van der Waals surface area contributed by atoms with Crippen molar-refractivity contribution in [3.05, 3.63) is 0 Å². The van der Waals surface area contributed by atoms with Crippen LogP contribution in [0.2, 0.25) is 0 Å². The van der Waals surface area contributed by atoms with Gasteiger partial charge in [0.1, 0.15) is 0 Å². The molecule has 1 aliphatic carbocycles. The lowest BCUT2D eigenvalue weighted by atomic mass is 9.76. The van der Waals surface area contributed by atoms with E-state index in [-0.39, 0.29) is 0 Å². The fraction of sp³-hybridized carbons (Fsp3) is 1.00. The maximum Gasteiger partial charge on any atom is 0.0140 e. The van der Waals surface area contributed by atoms with Crippen LogP contribution in [-0.4, -0.2) is 36.6 Å². The maximum absolute atomic E-state index is 3.62. The van der Waals surface area contributed by atoms with Crippen LogP contribution < -0.4 is 5.32 Å². The number of fused-ring (bicyclic) bond motifs is 1. The first-order valence-electron chi connectivity index (χ1n) is 9.47. The quantitative estimate of drug-likeness (QED) is 0.776. The van der Waals surface area contributed by atoms with Crippen molar-refractivity contribution in [2.24, 2.45) is 23.2 Å². The zero-order valence-corrected chi connectivity index (χ0v) is 14.7. The Kier molecular flexibility index (Phi) is 4.66. The van der Waals surface area contributed by atoms with Crippen LogP contribution >= 0.6 is 0 Å². The normalized spacial score (nSPS) is 42.0. The van der Waals surface area contributed by atoms with Gasteiger partial charge < -0.3 is 5.32 Å². The van der Waals surface area contributed by atoms with Crippen molar-refractivity contribution < 1.29 is 0 Å². The molecule has 0 spiro atoms. The summed E-state index contributed by atoms with van der Waals surface area (Å²) in [6, 6.07) is 1.74. The fourth-order valence-corrected chi connectivity index (χ4v) is 5.49. The van der Waals surface area contributed by atoms with Crippen LogP contribution in [0.15, 0.2) is 0 Å². The molecule has 2 heterocycles. The van der Waals surface area contributed by atoms with Gasteiger partial charge in [-0.05, 0) is 68.4 Å². The Hall–Kier alpha value is -0.0800. The third-order valence-corrected chi connectivity index (χ3v) is 6.81. The van der Waals surface area contributed by atoms with Crippen LogP contribution in [0.1, 0.15) is 66.2 Å². The number of nitrogens with zero attached hydrogens (tertiary/aromatic N) is 1. The average molecular weight is 293 g/mol. The highest BCUT2D eigenvalue weighted by Crippen LogP contribution is 2.41. The Bertz CT molecular complexity index is 346. The molecule has 1 N–H and O–H groups in total. The minimum absolute atomic E-state index is 0.504. The Morgan fingerprint density at radius 3 is 2.57 bits per heavy atom. The van der Waals surface area contributed by atoms with Gasteiger partial charge >= 0.3 is 0 Å². The van der Waals surface area contributed by atoms with Gasteiger partial charge in [0.2, 0.25) is 0 Å². The summed E-state index contributed by atoms with van der Waals surface area (Å²) in [4.78, 5) is 2.95. The lowest BCUT2D eigenvalue weighted by molar-refractivity contribution is 0.136. The van der Waals surface area contributed by atoms with Gasteiger partial charge in [0.25, 0.3) is 0 Å². The molecule has 122 valence electrons. The van der Waals surface area contributed by atoms with E-state index in [1.54, 1.807) is 0 Å². The predicted octanol–water partition coefficient (Wildman–Crippen LogP) is 3.91. The Morgan fingerprint density at radius 1 is 1.05 bits per heavy atom. The zero-order valence-electron chi connectivity index (χ0n) is 14.7. The largest absolute Gasteiger partial charge is 0.316 e. The van der Waals surface area contributed by atoms with Gasteiger partial charge in [-0.25, -0.2) is 0 Å². The molecule has 3 fully saturated rings. The highest BCUT2D eigenvalue weighted by molar-refractivity contribution is 5.00. The molecule has 0 aromatic carbocycles. The molecule has 2 nitrogen and oxygen atoms in total. The van der Waals surface area contributed by atoms with Crippen LogP contribution in [0.4, 0.5) is 0 Å². The molecule has 2 aliphatic heterocycles. The van der Waals surface area contributed by atoms with Gasteiger partial charge in [0.15, 0.2) is 0 Å². The minimum atomic E-state index is 0.504. The molecule has 3 rings (SSSR count). The third-order valence-electron chi connectivity index (χ3n) is 6.81. The van der Waals surface area contributed by atoms with Crippen molar-refractivity contribution in [1.29, 1.82) is 0 Å². The van der Waals surface area contributed by atoms with Crippen molar-refractivity contribution in [3.8, 4) is 0 Å². The predicted molar refractivity (Wildman–Crippen MR) is 90.5 cm³/mol.